The Morgan fingerprint density at radius 3 is 2.57 bits per heavy atom. The molecule has 3 nitrogen and oxygen atoms in total. The lowest BCUT2D eigenvalue weighted by Crippen LogP contribution is -2.12. The number of aromatic amines is 1. The van der Waals surface area contributed by atoms with Crippen molar-refractivity contribution in [1.82, 2.24) is 4.98 Å². The largest absolute Gasteiger partial charge is 0.321 e. The van der Waals surface area contributed by atoms with Gasteiger partial charge in [-0.15, -0.1) is 11.3 Å². The van der Waals surface area contributed by atoms with Gasteiger partial charge in [0.2, 0.25) is 0 Å². The van der Waals surface area contributed by atoms with Crippen LogP contribution in [0.1, 0.15) is 16.7 Å². The van der Waals surface area contributed by atoms with Crippen LogP contribution in [0.15, 0.2) is 45.0 Å². The lowest BCUT2D eigenvalue weighted by molar-refractivity contribution is 1.21. The minimum atomic E-state index is -0.357. The summed E-state index contributed by atoms with van der Waals surface area (Å²) in [5.74, 6) is 0. The molecule has 3 rings (SSSR count). The third kappa shape index (κ3) is 3.00. The van der Waals surface area contributed by atoms with E-state index in [1.54, 1.807) is 0 Å². The number of rotatable bonds is 2. The Morgan fingerprint density at radius 1 is 1.17 bits per heavy atom. The predicted molar refractivity (Wildman–Crippen MR) is 97.7 cm³/mol. The molecule has 0 spiro atoms. The molecule has 1 aromatic carbocycles. The Kier molecular flexibility index (Phi) is 4.20. The molecule has 0 unspecified atom stereocenters. The van der Waals surface area contributed by atoms with E-state index in [1.807, 2.05) is 49.6 Å². The third-order valence-corrected chi connectivity index (χ3v) is 5.37. The van der Waals surface area contributed by atoms with Crippen LogP contribution in [0.2, 0.25) is 0 Å². The minimum Gasteiger partial charge on any atom is -0.321 e. The molecule has 0 aliphatic rings. The molecule has 114 valence electrons. The Hall–Kier alpha value is -2.16. The fraction of sp³-hybridized carbons (Fsp3) is 0.111. The molecule has 0 amide bonds. The Balaban J connectivity index is 2.27. The van der Waals surface area contributed by atoms with Crippen molar-refractivity contribution < 1.29 is 0 Å². The van der Waals surface area contributed by atoms with Gasteiger partial charge in [-0.2, -0.15) is 5.26 Å². The van der Waals surface area contributed by atoms with Gasteiger partial charge in [-0.1, -0.05) is 23.8 Å². The molecule has 0 aliphatic carbocycles. The predicted octanol–water partition coefficient (Wildman–Crippen LogP) is 5.02. The van der Waals surface area contributed by atoms with Crippen LogP contribution in [0.3, 0.4) is 0 Å². The molecule has 2 heterocycles. The van der Waals surface area contributed by atoms with Crippen LogP contribution in [0.25, 0.3) is 21.7 Å². The van der Waals surface area contributed by atoms with Gasteiger partial charge >= 0.3 is 0 Å². The number of aromatic nitrogens is 1. The summed E-state index contributed by atoms with van der Waals surface area (Å²) in [4.78, 5) is 16.1. The zero-order valence-corrected chi connectivity index (χ0v) is 15.0. The molecule has 2 aromatic heterocycles. The summed E-state index contributed by atoms with van der Waals surface area (Å²) in [6.45, 7) is 4.05. The minimum absolute atomic E-state index is 0.146. The van der Waals surface area contributed by atoms with Gasteiger partial charge in [-0.05, 0) is 47.5 Å². The molecular weight excluding hydrogens is 372 g/mol. The van der Waals surface area contributed by atoms with Gasteiger partial charge in [0.15, 0.2) is 0 Å². The van der Waals surface area contributed by atoms with E-state index in [-0.39, 0.29) is 11.1 Å². The molecule has 0 atom stereocenters. The van der Waals surface area contributed by atoms with Crippen molar-refractivity contribution in [2.75, 3.05) is 0 Å². The van der Waals surface area contributed by atoms with Crippen LogP contribution in [0, 0.1) is 25.2 Å². The van der Waals surface area contributed by atoms with Crippen LogP contribution >= 0.6 is 27.3 Å². The van der Waals surface area contributed by atoms with Crippen molar-refractivity contribution in [3.8, 4) is 27.8 Å². The van der Waals surface area contributed by atoms with Crippen molar-refractivity contribution >= 4 is 27.3 Å². The Bertz CT molecular complexity index is 995. The van der Waals surface area contributed by atoms with Crippen molar-refractivity contribution in [3.05, 3.63) is 67.2 Å². The molecule has 1 N–H and O–H groups in total. The zero-order valence-electron chi connectivity index (χ0n) is 12.6. The van der Waals surface area contributed by atoms with E-state index < -0.39 is 0 Å². The molecule has 23 heavy (non-hydrogen) atoms. The van der Waals surface area contributed by atoms with Crippen molar-refractivity contribution in [3.63, 3.8) is 0 Å². The van der Waals surface area contributed by atoms with Gasteiger partial charge in [0.1, 0.15) is 11.6 Å². The molecule has 0 radical (unpaired) electrons. The van der Waals surface area contributed by atoms with Gasteiger partial charge in [-0.25, -0.2) is 0 Å². The quantitative estimate of drug-likeness (QED) is 0.673. The molecule has 0 bridgehead atoms. The third-order valence-electron chi connectivity index (χ3n) is 3.65. The lowest BCUT2D eigenvalue weighted by Gasteiger charge is -2.09. The second-order valence-corrected chi connectivity index (χ2v) is 7.19. The monoisotopic (exact) mass is 384 g/mol. The Labute approximate surface area is 146 Å². The van der Waals surface area contributed by atoms with Crippen molar-refractivity contribution in [2.24, 2.45) is 0 Å². The summed E-state index contributed by atoms with van der Waals surface area (Å²) >= 11 is 4.92. The summed E-state index contributed by atoms with van der Waals surface area (Å²) in [5.41, 5.74) is 4.41. The summed E-state index contributed by atoms with van der Waals surface area (Å²) in [5, 5.41) is 11.3. The highest BCUT2D eigenvalue weighted by molar-refractivity contribution is 9.10. The van der Waals surface area contributed by atoms with Gasteiger partial charge in [0.05, 0.1) is 0 Å². The van der Waals surface area contributed by atoms with Gasteiger partial charge in [0, 0.05) is 31.6 Å². The first-order valence-electron chi connectivity index (χ1n) is 6.99. The van der Waals surface area contributed by atoms with E-state index in [9.17, 15) is 10.1 Å². The molecule has 0 saturated heterocycles. The SMILES string of the molecule is Cc1ccc(-c2cc(-c3cc(Br)cs3)c(C#N)c(=O)[nH]2)c(C)c1. The van der Waals surface area contributed by atoms with Crippen LogP contribution in [0.5, 0.6) is 0 Å². The van der Waals surface area contributed by atoms with Gasteiger partial charge in [-0.3, -0.25) is 4.79 Å². The maximum Gasteiger partial charge on any atom is 0.267 e. The first kappa shape index (κ1) is 15.7. The number of hydrogen-bond acceptors (Lipinski definition) is 3. The second kappa shape index (κ2) is 6.15. The zero-order chi connectivity index (χ0) is 16.6. The number of nitriles is 1. The highest BCUT2D eigenvalue weighted by Gasteiger charge is 2.14. The summed E-state index contributed by atoms with van der Waals surface area (Å²) in [6.07, 6.45) is 0. The lowest BCUT2D eigenvalue weighted by atomic mass is 10.00. The van der Waals surface area contributed by atoms with Crippen LogP contribution in [-0.4, -0.2) is 4.98 Å². The van der Waals surface area contributed by atoms with Crippen LogP contribution < -0.4 is 5.56 Å². The molecule has 0 fully saturated rings. The normalized spacial score (nSPS) is 10.5. The number of thiophene rings is 1. The Morgan fingerprint density at radius 2 is 1.96 bits per heavy atom. The number of pyridine rings is 1. The van der Waals surface area contributed by atoms with Gasteiger partial charge < -0.3 is 4.98 Å². The van der Waals surface area contributed by atoms with Crippen LogP contribution in [-0.2, 0) is 0 Å². The van der Waals surface area contributed by atoms with E-state index in [0.717, 1.165) is 26.2 Å². The topological polar surface area (TPSA) is 56.6 Å². The number of nitrogens with one attached hydrogen (secondary N) is 1. The van der Waals surface area contributed by atoms with E-state index in [1.165, 1.54) is 16.9 Å². The van der Waals surface area contributed by atoms with E-state index in [4.69, 9.17) is 0 Å². The second-order valence-electron chi connectivity index (χ2n) is 5.36. The first-order chi connectivity index (χ1) is 11.0. The molecule has 0 aliphatic heterocycles. The molecule has 3 aromatic rings. The molecule has 5 heteroatoms. The summed E-state index contributed by atoms with van der Waals surface area (Å²) in [7, 11) is 0. The average Bonchev–Trinajstić information content (AvgIpc) is 2.93. The molecule has 0 saturated carbocycles. The van der Waals surface area contributed by atoms with E-state index in [0.29, 0.717) is 5.56 Å². The number of H-pyrrole nitrogens is 1. The highest BCUT2D eigenvalue weighted by Crippen LogP contribution is 2.33. The number of hydrogen-bond donors (Lipinski definition) is 1. The summed E-state index contributed by atoms with van der Waals surface area (Å²) in [6, 6.07) is 11.9. The molecular formula is C18H13BrN2OS. The van der Waals surface area contributed by atoms with E-state index >= 15 is 0 Å². The van der Waals surface area contributed by atoms with Crippen LogP contribution in [0.4, 0.5) is 0 Å². The number of benzene rings is 1. The van der Waals surface area contributed by atoms with Gasteiger partial charge in [0.25, 0.3) is 5.56 Å². The average molecular weight is 385 g/mol. The summed E-state index contributed by atoms with van der Waals surface area (Å²) < 4.78 is 0.940. The maximum absolute atomic E-state index is 12.3. The fourth-order valence-corrected chi connectivity index (χ4v) is 4.03. The fourth-order valence-electron chi connectivity index (χ4n) is 2.58. The smallest absolute Gasteiger partial charge is 0.267 e. The van der Waals surface area contributed by atoms with Crippen molar-refractivity contribution in [2.45, 2.75) is 13.8 Å². The maximum atomic E-state index is 12.3. The standard InChI is InChI=1S/C18H13BrN2OS/c1-10-3-4-13(11(2)5-10)16-7-14(15(8-20)18(22)21-16)17-6-12(19)9-23-17/h3-7,9H,1-2H3,(H,21,22). The van der Waals surface area contributed by atoms with E-state index in [2.05, 4.69) is 27.0 Å². The van der Waals surface area contributed by atoms with Crippen molar-refractivity contribution in [1.29, 1.82) is 5.26 Å². The first-order valence-corrected chi connectivity index (χ1v) is 8.66. The number of halogens is 1. The number of aryl methyl sites for hydroxylation is 2. The number of nitrogens with zero attached hydrogens (tertiary/aromatic N) is 1. The highest BCUT2D eigenvalue weighted by atomic mass is 79.9.